The lowest BCUT2D eigenvalue weighted by molar-refractivity contribution is -0.384. The zero-order valence-corrected chi connectivity index (χ0v) is 14.3. The number of non-ortho nitro benzene ring substituents is 1. The van der Waals surface area contributed by atoms with Gasteiger partial charge in [-0.1, -0.05) is 49.7 Å². The number of nitro groups is 1. The minimum Gasteiger partial charge on any atom is -0.292 e. The van der Waals surface area contributed by atoms with Crippen molar-refractivity contribution >= 4 is 11.5 Å². The lowest BCUT2D eigenvalue weighted by atomic mass is 10.1. The summed E-state index contributed by atoms with van der Waals surface area (Å²) in [7, 11) is 0. The summed E-state index contributed by atoms with van der Waals surface area (Å²) in [5, 5.41) is 15.1. The van der Waals surface area contributed by atoms with E-state index in [1.165, 1.54) is 28.7 Å². The number of aromatic nitrogens is 3. The van der Waals surface area contributed by atoms with E-state index in [1.807, 2.05) is 24.3 Å². The first-order valence-corrected chi connectivity index (χ1v) is 8.33. The fourth-order valence-corrected chi connectivity index (χ4v) is 2.65. The van der Waals surface area contributed by atoms with Gasteiger partial charge in [0.15, 0.2) is 11.6 Å². The molecule has 0 amide bonds. The number of benzene rings is 2. The van der Waals surface area contributed by atoms with Crippen LogP contribution in [0, 0.1) is 10.1 Å². The third-order valence-corrected chi connectivity index (χ3v) is 3.97. The first-order chi connectivity index (χ1) is 12.6. The summed E-state index contributed by atoms with van der Waals surface area (Å²) < 4.78 is 1.44. The summed E-state index contributed by atoms with van der Waals surface area (Å²) in [6, 6.07) is 13.7. The van der Waals surface area contributed by atoms with Crippen molar-refractivity contribution in [2.75, 3.05) is 0 Å². The quantitative estimate of drug-likeness (QED) is 0.368. The average Bonchev–Trinajstić information content (AvgIpc) is 3.11. The number of nitro benzene ring substituents is 1. The molecule has 0 saturated heterocycles. The molecule has 2 aromatic carbocycles. The van der Waals surface area contributed by atoms with Gasteiger partial charge in [0, 0.05) is 23.3 Å². The molecule has 0 bridgehead atoms. The van der Waals surface area contributed by atoms with Crippen LogP contribution in [0.1, 0.15) is 29.3 Å². The molecule has 132 valence electrons. The molecule has 0 aliphatic rings. The predicted molar refractivity (Wildman–Crippen MR) is 96.9 cm³/mol. The Bertz CT molecular complexity index is 932. The largest absolute Gasteiger partial charge is 0.292 e. The van der Waals surface area contributed by atoms with E-state index in [9.17, 15) is 14.9 Å². The Labute approximate surface area is 150 Å². The van der Waals surface area contributed by atoms with Crippen molar-refractivity contribution in [2.45, 2.75) is 26.3 Å². The van der Waals surface area contributed by atoms with Crippen LogP contribution in [-0.2, 0) is 13.0 Å². The summed E-state index contributed by atoms with van der Waals surface area (Å²) in [4.78, 5) is 26.9. The monoisotopic (exact) mass is 350 g/mol. The van der Waals surface area contributed by atoms with Crippen LogP contribution >= 0.6 is 0 Å². The maximum atomic E-state index is 12.4. The highest BCUT2D eigenvalue weighted by atomic mass is 16.6. The summed E-state index contributed by atoms with van der Waals surface area (Å²) in [5.74, 6) is 0.281. The lowest BCUT2D eigenvalue weighted by Gasteiger charge is -2.03. The number of nitrogens with zero attached hydrogens (tertiary/aromatic N) is 4. The van der Waals surface area contributed by atoms with Crippen LogP contribution in [0.15, 0.2) is 54.9 Å². The number of aryl methyl sites for hydroxylation is 1. The second-order valence-corrected chi connectivity index (χ2v) is 5.94. The molecule has 3 aromatic rings. The van der Waals surface area contributed by atoms with E-state index >= 15 is 0 Å². The molecular formula is C19H18N4O3. The number of Topliss-reactive ketones (excluding diaryl/α,β-unsaturated/α-hetero) is 1. The van der Waals surface area contributed by atoms with Crippen molar-refractivity contribution in [3.05, 3.63) is 76.1 Å². The molecule has 0 radical (unpaired) electrons. The Hall–Kier alpha value is -3.35. The molecule has 26 heavy (non-hydrogen) atoms. The molecule has 0 aliphatic heterocycles. The Balaban J connectivity index is 1.72. The van der Waals surface area contributed by atoms with Crippen molar-refractivity contribution in [3.63, 3.8) is 0 Å². The van der Waals surface area contributed by atoms with Crippen LogP contribution in [0.3, 0.4) is 0 Å². The standard InChI is InChI=1S/C19H18N4O3/c1-2-4-14-7-9-15(10-8-14)18(24)12-22-13-20-19(21-22)16-5-3-6-17(11-16)23(25)26/h3,5-11,13H,2,4,12H2,1H3. The Morgan fingerprint density at radius 1 is 1.19 bits per heavy atom. The van der Waals surface area contributed by atoms with Gasteiger partial charge in [0.2, 0.25) is 0 Å². The highest BCUT2D eigenvalue weighted by Gasteiger charge is 2.12. The molecule has 0 atom stereocenters. The molecule has 0 saturated carbocycles. The zero-order valence-electron chi connectivity index (χ0n) is 14.3. The van der Waals surface area contributed by atoms with Crippen LogP contribution in [0.2, 0.25) is 0 Å². The zero-order chi connectivity index (χ0) is 18.5. The van der Waals surface area contributed by atoms with Gasteiger partial charge >= 0.3 is 0 Å². The van der Waals surface area contributed by atoms with E-state index in [1.54, 1.807) is 12.1 Å². The molecule has 1 heterocycles. The second kappa shape index (κ2) is 7.69. The number of carbonyl (C=O) groups excluding carboxylic acids is 1. The molecule has 0 N–H and O–H groups in total. The van der Waals surface area contributed by atoms with E-state index in [4.69, 9.17) is 0 Å². The van der Waals surface area contributed by atoms with E-state index in [0.717, 1.165) is 12.8 Å². The lowest BCUT2D eigenvalue weighted by Crippen LogP contribution is -2.11. The summed E-state index contributed by atoms with van der Waals surface area (Å²) in [6.45, 7) is 2.18. The molecule has 0 aliphatic carbocycles. The second-order valence-electron chi connectivity index (χ2n) is 5.94. The minimum atomic E-state index is -0.466. The fourth-order valence-electron chi connectivity index (χ4n) is 2.65. The molecule has 7 nitrogen and oxygen atoms in total. The summed E-state index contributed by atoms with van der Waals surface area (Å²) in [6.07, 6.45) is 3.51. The third-order valence-electron chi connectivity index (χ3n) is 3.97. The Kier molecular flexibility index (Phi) is 5.17. The fraction of sp³-hybridized carbons (Fsp3) is 0.211. The van der Waals surface area contributed by atoms with Crippen molar-refractivity contribution in [2.24, 2.45) is 0 Å². The maximum Gasteiger partial charge on any atom is 0.270 e. The van der Waals surface area contributed by atoms with Gasteiger partial charge in [-0.2, -0.15) is 5.10 Å². The number of hydrogen-bond donors (Lipinski definition) is 0. The molecule has 0 fully saturated rings. The van der Waals surface area contributed by atoms with Crippen LogP contribution in [-0.4, -0.2) is 25.5 Å². The van der Waals surface area contributed by atoms with Crippen LogP contribution < -0.4 is 0 Å². The van der Waals surface area contributed by atoms with E-state index in [2.05, 4.69) is 17.0 Å². The van der Waals surface area contributed by atoms with Gasteiger partial charge in [-0.3, -0.25) is 14.9 Å². The number of rotatable bonds is 7. The third kappa shape index (κ3) is 4.00. The highest BCUT2D eigenvalue weighted by molar-refractivity contribution is 5.95. The van der Waals surface area contributed by atoms with Gasteiger partial charge in [0.25, 0.3) is 5.69 Å². The smallest absolute Gasteiger partial charge is 0.270 e. The van der Waals surface area contributed by atoms with Crippen LogP contribution in [0.5, 0.6) is 0 Å². The van der Waals surface area contributed by atoms with Gasteiger partial charge in [-0.25, -0.2) is 9.67 Å². The maximum absolute atomic E-state index is 12.4. The highest BCUT2D eigenvalue weighted by Crippen LogP contribution is 2.20. The SMILES string of the molecule is CCCc1ccc(C(=O)Cn2cnc(-c3cccc([N+](=O)[O-])c3)n2)cc1. The molecule has 3 rings (SSSR count). The van der Waals surface area contributed by atoms with Gasteiger partial charge < -0.3 is 0 Å². The number of carbonyl (C=O) groups is 1. The van der Waals surface area contributed by atoms with Crippen molar-refractivity contribution in [3.8, 4) is 11.4 Å². The summed E-state index contributed by atoms with van der Waals surface area (Å²) >= 11 is 0. The number of hydrogen-bond acceptors (Lipinski definition) is 5. The molecule has 0 spiro atoms. The Morgan fingerprint density at radius 3 is 2.65 bits per heavy atom. The predicted octanol–water partition coefficient (Wildman–Crippen LogP) is 3.69. The van der Waals surface area contributed by atoms with Gasteiger partial charge in [0.05, 0.1) is 4.92 Å². The van der Waals surface area contributed by atoms with Gasteiger partial charge in [-0.05, 0) is 12.0 Å². The average molecular weight is 350 g/mol. The van der Waals surface area contributed by atoms with E-state index in [0.29, 0.717) is 17.0 Å². The van der Waals surface area contributed by atoms with Crippen molar-refractivity contribution in [1.29, 1.82) is 0 Å². The molecule has 7 heteroatoms. The van der Waals surface area contributed by atoms with Crippen LogP contribution in [0.25, 0.3) is 11.4 Å². The van der Waals surface area contributed by atoms with Gasteiger partial charge in [0.1, 0.15) is 12.9 Å². The van der Waals surface area contributed by atoms with Crippen LogP contribution in [0.4, 0.5) is 5.69 Å². The Morgan fingerprint density at radius 2 is 1.96 bits per heavy atom. The van der Waals surface area contributed by atoms with E-state index in [-0.39, 0.29) is 18.0 Å². The van der Waals surface area contributed by atoms with Crippen molar-refractivity contribution < 1.29 is 9.72 Å². The van der Waals surface area contributed by atoms with Gasteiger partial charge in [-0.15, -0.1) is 0 Å². The normalized spacial score (nSPS) is 10.7. The summed E-state index contributed by atoms with van der Waals surface area (Å²) in [5.41, 5.74) is 2.34. The minimum absolute atomic E-state index is 0.0258. The number of ketones is 1. The topological polar surface area (TPSA) is 90.9 Å². The van der Waals surface area contributed by atoms with Crippen molar-refractivity contribution in [1.82, 2.24) is 14.8 Å². The first kappa shape index (κ1) is 17.5. The molecule has 0 unspecified atom stereocenters. The molecule has 1 aromatic heterocycles. The molecular weight excluding hydrogens is 332 g/mol. The van der Waals surface area contributed by atoms with E-state index < -0.39 is 4.92 Å². The first-order valence-electron chi connectivity index (χ1n) is 8.33.